The Kier molecular flexibility index (Phi) is 9.17. The molecule has 0 aromatic heterocycles. The lowest BCUT2D eigenvalue weighted by molar-refractivity contribution is 0.437. The normalized spacial score (nSPS) is 10.9. The maximum Gasteiger partial charge on any atom is 0.0223 e. The third kappa shape index (κ3) is 10.6. The number of unbranched alkanes of at least 4 members (excludes halogenated alkanes) is 1. The Labute approximate surface area is 79.5 Å². The van der Waals surface area contributed by atoms with Crippen LogP contribution >= 0.6 is 23.4 Å². The number of hydrogen-bond acceptors (Lipinski definition) is 2. The fourth-order valence-electron chi connectivity index (χ4n) is 0.648. The van der Waals surface area contributed by atoms with E-state index < -0.39 is 0 Å². The van der Waals surface area contributed by atoms with Gasteiger partial charge in [0.2, 0.25) is 0 Å². The van der Waals surface area contributed by atoms with Gasteiger partial charge in [-0.1, -0.05) is 0 Å². The van der Waals surface area contributed by atoms with Gasteiger partial charge in [0.15, 0.2) is 0 Å². The molecule has 68 valence electrons. The molecule has 3 heteroatoms. The van der Waals surface area contributed by atoms with Crippen LogP contribution in [-0.4, -0.2) is 42.9 Å². The lowest BCUT2D eigenvalue weighted by Crippen LogP contribution is -2.14. The van der Waals surface area contributed by atoms with E-state index in [1.807, 2.05) is 11.8 Å². The Morgan fingerprint density at radius 3 is 2.45 bits per heavy atom. The van der Waals surface area contributed by atoms with Crippen molar-refractivity contribution in [1.82, 2.24) is 4.90 Å². The lowest BCUT2D eigenvalue weighted by atomic mass is 10.4. The van der Waals surface area contributed by atoms with E-state index >= 15 is 0 Å². The molecule has 1 nitrogen and oxygen atoms in total. The molecule has 0 aromatic carbocycles. The van der Waals surface area contributed by atoms with Crippen molar-refractivity contribution in [1.29, 1.82) is 0 Å². The maximum absolute atomic E-state index is 5.55. The van der Waals surface area contributed by atoms with Crippen molar-refractivity contribution in [2.24, 2.45) is 0 Å². The van der Waals surface area contributed by atoms with E-state index in [2.05, 4.69) is 19.0 Å². The van der Waals surface area contributed by atoms with Crippen molar-refractivity contribution in [3.63, 3.8) is 0 Å². The van der Waals surface area contributed by atoms with Gasteiger partial charge in [0.1, 0.15) is 0 Å². The molecule has 0 unspecified atom stereocenters. The number of halogens is 1. The van der Waals surface area contributed by atoms with Crippen LogP contribution in [0, 0.1) is 0 Å². The predicted octanol–water partition coefficient (Wildman–Crippen LogP) is 2.30. The van der Waals surface area contributed by atoms with Gasteiger partial charge in [0.05, 0.1) is 0 Å². The quantitative estimate of drug-likeness (QED) is 0.453. The van der Waals surface area contributed by atoms with Gasteiger partial charge in [0, 0.05) is 18.2 Å². The van der Waals surface area contributed by atoms with Crippen LogP contribution in [0.15, 0.2) is 0 Å². The van der Waals surface area contributed by atoms with Crippen LogP contribution in [0.1, 0.15) is 12.8 Å². The second-order valence-corrected chi connectivity index (χ2v) is 4.41. The molecule has 0 aliphatic carbocycles. The zero-order valence-electron chi connectivity index (χ0n) is 7.48. The molecule has 0 radical (unpaired) electrons. The SMILES string of the molecule is CN(C)CCSCCCCCl. The van der Waals surface area contributed by atoms with Crippen LogP contribution in [0.3, 0.4) is 0 Å². The van der Waals surface area contributed by atoms with Gasteiger partial charge in [-0.25, -0.2) is 0 Å². The molecule has 0 aliphatic rings. The summed E-state index contributed by atoms with van der Waals surface area (Å²) in [5.74, 6) is 3.32. The van der Waals surface area contributed by atoms with Gasteiger partial charge in [-0.2, -0.15) is 11.8 Å². The Balaban J connectivity index is 2.80. The highest BCUT2D eigenvalue weighted by molar-refractivity contribution is 7.99. The van der Waals surface area contributed by atoms with Gasteiger partial charge in [0.25, 0.3) is 0 Å². The van der Waals surface area contributed by atoms with E-state index in [1.54, 1.807) is 0 Å². The summed E-state index contributed by atoms with van der Waals surface area (Å²) in [5.41, 5.74) is 0. The monoisotopic (exact) mass is 195 g/mol. The van der Waals surface area contributed by atoms with Crippen LogP contribution in [0.2, 0.25) is 0 Å². The fraction of sp³-hybridized carbons (Fsp3) is 1.00. The van der Waals surface area contributed by atoms with Gasteiger partial charge in [-0.15, -0.1) is 11.6 Å². The van der Waals surface area contributed by atoms with Crippen LogP contribution in [0.5, 0.6) is 0 Å². The Morgan fingerprint density at radius 2 is 1.91 bits per heavy atom. The van der Waals surface area contributed by atoms with Gasteiger partial charge >= 0.3 is 0 Å². The van der Waals surface area contributed by atoms with Crippen LogP contribution in [0.25, 0.3) is 0 Å². The summed E-state index contributed by atoms with van der Waals surface area (Å²) in [7, 11) is 4.22. The first-order valence-corrected chi connectivity index (χ1v) is 5.74. The highest BCUT2D eigenvalue weighted by atomic mass is 35.5. The Bertz CT molecular complexity index is 78.5. The van der Waals surface area contributed by atoms with Gasteiger partial charge in [-0.3, -0.25) is 0 Å². The Morgan fingerprint density at radius 1 is 1.18 bits per heavy atom. The zero-order valence-corrected chi connectivity index (χ0v) is 9.05. The molecule has 0 aliphatic heterocycles. The highest BCUT2D eigenvalue weighted by Gasteiger charge is 1.91. The van der Waals surface area contributed by atoms with E-state index in [4.69, 9.17) is 11.6 Å². The zero-order chi connectivity index (χ0) is 8.53. The fourth-order valence-corrected chi connectivity index (χ4v) is 1.94. The number of thioether (sulfide) groups is 1. The number of rotatable bonds is 7. The van der Waals surface area contributed by atoms with Crippen LogP contribution in [-0.2, 0) is 0 Å². The molecule has 0 fully saturated rings. The van der Waals surface area contributed by atoms with Crippen molar-refractivity contribution in [3.05, 3.63) is 0 Å². The van der Waals surface area contributed by atoms with E-state index in [0.29, 0.717) is 0 Å². The third-order valence-electron chi connectivity index (χ3n) is 1.36. The second-order valence-electron chi connectivity index (χ2n) is 2.81. The molecule has 0 amide bonds. The molecular weight excluding hydrogens is 178 g/mol. The topological polar surface area (TPSA) is 3.24 Å². The first kappa shape index (κ1) is 11.6. The van der Waals surface area contributed by atoms with E-state index in [-0.39, 0.29) is 0 Å². The van der Waals surface area contributed by atoms with Crippen molar-refractivity contribution in [2.75, 3.05) is 38.0 Å². The van der Waals surface area contributed by atoms with E-state index in [9.17, 15) is 0 Å². The number of hydrogen-bond donors (Lipinski definition) is 0. The summed E-state index contributed by atoms with van der Waals surface area (Å²) in [5, 5.41) is 0. The van der Waals surface area contributed by atoms with Crippen LogP contribution in [0.4, 0.5) is 0 Å². The summed E-state index contributed by atoms with van der Waals surface area (Å²) < 4.78 is 0. The minimum Gasteiger partial charge on any atom is -0.309 e. The smallest absolute Gasteiger partial charge is 0.0223 e. The van der Waals surface area contributed by atoms with E-state index in [0.717, 1.165) is 12.3 Å². The van der Waals surface area contributed by atoms with E-state index in [1.165, 1.54) is 24.5 Å². The van der Waals surface area contributed by atoms with Gasteiger partial charge < -0.3 is 4.90 Å². The Hall–Kier alpha value is 0.600. The number of nitrogens with zero attached hydrogens (tertiary/aromatic N) is 1. The van der Waals surface area contributed by atoms with Crippen molar-refractivity contribution in [3.8, 4) is 0 Å². The van der Waals surface area contributed by atoms with Gasteiger partial charge in [-0.05, 0) is 32.7 Å². The molecule has 0 atom stereocenters. The molecule has 11 heavy (non-hydrogen) atoms. The first-order chi connectivity index (χ1) is 5.27. The maximum atomic E-state index is 5.55. The van der Waals surface area contributed by atoms with Crippen molar-refractivity contribution >= 4 is 23.4 Å². The molecule has 0 rings (SSSR count). The average Bonchev–Trinajstić information content (AvgIpc) is 1.96. The summed E-state index contributed by atoms with van der Waals surface area (Å²) in [6.45, 7) is 1.19. The molecule has 0 saturated carbocycles. The van der Waals surface area contributed by atoms with Crippen molar-refractivity contribution < 1.29 is 0 Å². The second kappa shape index (κ2) is 8.69. The standard InChI is InChI=1S/C8H18ClNS/c1-10(2)6-8-11-7-4-3-5-9/h3-8H2,1-2H3. The molecule has 0 spiro atoms. The summed E-state index contributed by atoms with van der Waals surface area (Å²) in [4.78, 5) is 2.22. The number of alkyl halides is 1. The molecular formula is C8H18ClNS. The molecule has 0 bridgehead atoms. The molecule has 0 saturated heterocycles. The molecule has 0 aromatic rings. The predicted molar refractivity (Wildman–Crippen MR) is 55.8 cm³/mol. The highest BCUT2D eigenvalue weighted by Crippen LogP contribution is 2.04. The summed E-state index contributed by atoms with van der Waals surface area (Å²) >= 11 is 7.57. The first-order valence-electron chi connectivity index (χ1n) is 4.06. The lowest BCUT2D eigenvalue weighted by Gasteiger charge is -2.07. The minimum atomic E-state index is 0.814. The average molecular weight is 196 g/mol. The summed E-state index contributed by atoms with van der Waals surface area (Å²) in [6, 6.07) is 0. The third-order valence-corrected chi connectivity index (χ3v) is 2.67. The molecule has 0 heterocycles. The summed E-state index contributed by atoms with van der Waals surface area (Å²) in [6.07, 6.45) is 2.43. The molecule has 0 N–H and O–H groups in total. The van der Waals surface area contributed by atoms with Crippen LogP contribution < -0.4 is 0 Å². The largest absolute Gasteiger partial charge is 0.309 e. The van der Waals surface area contributed by atoms with Crippen molar-refractivity contribution in [2.45, 2.75) is 12.8 Å². The minimum absolute atomic E-state index is 0.814.